The molecule has 2 aromatic carbocycles. The van der Waals surface area contributed by atoms with E-state index in [9.17, 15) is 4.39 Å². The lowest BCUT2D eigenvalue weighted by Gasteiger charge is -2.06. The third-order valence-corrected chi connectivity index (χ3v) is 3.17. The smallest absolute Gasteiger partial charge is 0.164 e. The van der Waals surface area contributed by atoms with E-state index in [2.05, 4.69) is 5.32 Å². The second-order valence-electron chi connectivity index (χ2n) is 4.21. The highest BCUT2D eigenvalue weighted by atomic mass is 35.5. The van der Waals surface area contributed by atoms with E-state index in [0.29, 0.717) is 12.2 Å². The van der Waals surface area contributed by atoms with Crippen molar-refractivity contribution in [2.45, 2.75) is 6.54 Å². The Morgan fingerprint density at radius 1 is 1.11 bits per heavy atom. The Balaban J connectivity index is 1.80. The minimum absolute atomic E-state index is 0.106. The van der Waals surface area contributed by atoms with Crippen molar-refractivity contribution in [2.75, 3.05) is 5.32 Å². The maximum atomic E-state index is 13.7. The zero-order chi connectivity index (χ0) is 13.2. The number of rotatable bonds is 3. The van der Waals surface area contributed by atoms with Crippen LogP contribution in [-0.4, -0.2) is 0 Å². The number of fused-ring (bicyclic) bond motifs is 1. The van der Waals surface area contributed by atoms with Gasteiger partial charge in [-0.05, 0) is 24.3 Å². The molecule has 0 saturated carbocycles. The largest absolute Gasteiger partial charge is 0.459 e. The number of nitrogens with one attached hydrogen (secondary N) is 1. The van der Waals surface area contributed by atoms with Gasteiger partial charge in [0.2, 0.25) is 0 Å². The first kappa shape index (κ1) is 12.1. The van der Waals surface area contributed by atoms with Gasteiger partial charge in [0.1, 0.15) is 11.3 Å². The summed E-state index contributed by atoms with van der Waals surface area (Å²) >= 11 is 5.72. The zero-order valence-electron chi connectivity index (χ0n) is 9.99. The van der Waals surface area contributed by atoms with Crippen LogP contribution in [0.25, 0.3) is 11.0 Å². The molecule has 2 nitrogen and oxygen atoms in total. The Morgan fingerprint density at radius 2 is 1.95 bits per heavy atom. The summed E-state index contributed by atoms with van der Waals surface area (Å²) in [5.74, 6) is 0.306. The molecule has 1 N–H and O–H groups in total. The van der Waals surface area contributed by atoms with E-state index in [1.54, 1.807) is 12.1 Å². The van der Waals surface area contributed by atoms with Gasteiger partial charge in [0.05, 0.1) is 17.3 Å². The van der Waals surface area contributed by atoms with E-state index in [1.165, 1.54) is 6.07 Å². The summed E-state index contributed by atoms with van der Waals surface area (Å²) in [5, 5.41) is 4.12. The molecule has 3 aromatic rings. The summed E-state index contributed by atoms with van der Waals surface area (Å²) in [6, 6.07) is 14.5. The Morgan fingerprint density at radius 3 is 2.79 bits per heavy atom. The third kappa shape index (κ3) is 2.42. The topological polar surface area (TPSA) is 25.2 Å². The summed E-state index contributed by atoms with van der Waals surface area (Å²) in [6.07, 6.45) is 0. The van der Waals surface area contributed by atoms with E-state index in [-0.39, 0.29) is 5.02 Å². The Hall–Kier alpha value is -2.00. The third-order valence-electron chi connectivity index (χ3n) is 2.88. The van der Waals surface area contributed by atoms with Gasteiger partial charge in [-0.2, -0.15) is 0 Å². The van der Waals surface area contributed by atoms with Gasteiger partial charge in [-0.25, -0.2) is 4.39 Å². The number of furan rings is 1. The van der Waals surface area contributed by atoms with Gasteiger partial charge < -0.3 is 9.73 Å². The van der Waals surface area contributed by atoms with Crippen molar-refractivity contribution < 1.29 is 8.81 Å². The van der Waals surface area contributed by atoms with Gasteiger partial charge in [-0.15, -0.1) is 0 Å². The van der Waals surface area contributed by atoms with E-state index in [1.807, 2.05) is 30.3 Å². The van der Waals surface area contributed by atoms with Crippen LogP contribution in [0.2, 0.25) is 5.02 Å². The summed E-state index contributed by atoms with van der Waals surface area (Å²) < 4.78 is 19.3. The van der Waals surface area contributed by atoms with Gasteiger partial charge in [-0.3, -0.25) is 0 Å². The minimum Gasteiger partial charge on any atom is -0.459 e. The minimum atomic E-state index is -0.444. The summed E-state index contributed by atoms with van der Waals surface area (Å²) in [6.45, 7) is 0.409. The van der Waals surface area contributed by atoms with E-state index >= 15 is 0 Å². The number of hydrogen-bond donors (Lipinski definition) is 1. The quantitative estimate of drug-likeness (QED) is 0.740. The predicted octanol–water partition coefficient (Wildman–Crippen LogP) is 4.84. The molecule has 0 radical (unpaired) electrons. The van der Waals surface area contributed by atoms with Crippen LogP contribution in [0.3, 0.4) is 0 Å². The molecule has 0 spiro atoms. The van der Waals surface area contributed by atoms with Crippen LogP contribution in [0, 0.1) is 5.82 Å². The lowest BCUT2D eigenvalue weighted by atomic mass is 10.2. The Bertz CT molecular complexity index is 690. The van der Waals surface area contributed by atoms with Crippen LogP contribution in [0.5, 0.6) is 0 Å². The lowest BCUT2D eigenvalue weighted by molar-refractivity contribution is 0.558. The molecule has 19 heavy (non-hydrogen) atoms. The van der Waals surface area contributed by atoms with Crippen molar-refractivity contribution in [3.05, 3.63) is 65.1 Å². The second kappa shape index (κ2) is 4.94. The molecule has 0 unspecified atom stereocenters. The van der Waals surface area contributed by atoms with Gasteiger partial charge in [-0.1, -0.05) is 35.9 Å². The van der Waals surface area contributed by atoms with Crippen LogP contribution < -0.4 is 5.32 Å². The maximum absolute atomic E-state index is 13.7. The van der Waals surface area contributed by atoms with E-state index in [4.69, 9.17) is 16.0 Å². The van der Waals surface area contributed by atoms with E-state index < -0.39 is 5.82 Å². The Labute approximate surface area is 114 Å². The molecular formula is C15H11ClFNO. The highest BCUT2D eigenvalue weighted by Gasteiger charge is 2.07. The average Bonchev–Trinajstić information content (AvgIpc) is 2.83. The molecule has 4 heteroatoms. The Kier molecular flexibility index (Phi) is 3.13. The first-order valence-electron chi connectivity index (χ1n) is 5.89. The molecule has 0 aliphatic rings. The molecule has 0 amide bonds. The van der Waals surface area contributed by atoms with Crippen LogP contribution in [0.1, 0.15) is 5.76 Å². The van der Waals surface area contributed by atoms with Gasteiger partial charge in [0.25, 0.3) is 0 Å². The molecular weight excluding hydrogens is 265 g/mol. The number of hydrogen-bond acceptors (Lipinski definition) is 2. The fraction of sp³-hybridized carbons (Fsp3) is 0.0667. The fourth-order valence-electron chi connectivity index (χ4n) is 1.95. The predicted molar refractivity (Wildman–Crippen MR) is 75.0 cm³/mol. The molecule has 0 aliphatic heterocycles. The number of para-hydroxylation sites is 1. The van der Waals surface area contributed by atoms with Crippen molar-refractivity contribution in [3.8, 4) is 0 Å². The molecule has 0 bridgehead atoms. The lowest BCUT2D eigenvalue weighted by Crippen LogP contribution is -2.00. The van der Waals surface area contributed by atoms with Crippen molar-refractivity contribution in [2.24, 2.45) is 0 Å². The number of halogens is 2. The molecule has 1 aromatic heterocycles. The van der Waals surface area contributed by atoms with Crippen molar-refractivity contribution >= 4 is 28.3 Å². The molecule has 0 aliphatic carbocycles. The van der Waals surface area contributed by atoms with Crippen LogP contribution in [0.4, 0.5) is 10.1 Å². The van der Waals surface area contributed by atoms with Crippen LogP contribution >= 0.6 is 11.6 Å². The van der Waals surface area contributed by atoms with Crippen molar-refractivity contribution in [1.29, 1.82) is 0 Å². The summed E-state index contributed by atoms with van der Waals surface area (Å²) in [7, 11) is 0. The first-order chi connectivity index (χ1) is 9.24. The molecule has 96 valence electrons. The number of benzene rings is 2. The second-order valence-corrected chi connectivity index (χ2v) is 4.61. The van der Waals surface area contributed by atoms with Crippen LogP contribution in [0.15, 0.2) is 52.9 Å². The zero-order valence-corrected chi connectivity index (χ0v) is 10.7. The molecule has 3 rings (SSSR count). The fourth-order valence-corrected chi connectivity index (χ4v) is 2.12. The van der Waals surface area contributed by atoms with Crippen molar-refractivity contribution in [1.82, 2.24) is 0 Å². The standard InChI is InChI=1S/C15H11ClFNO/c16-12-5-3-6-13(15(12)17)18-9-11-8-10-4-1-2-7-14(10)19-11/h1-8,18H,9H2. The highest BCUT2D eigenvalue weighted by molar-refractivity contribution is 6.31. The maximum Gasteiger partial charge on any atom is 0.164 e. The first-order valence-corrected chi connectivity index (χ1v) is 6.27. The van der Waals surface area contributed by atoms with Gasteiger partial charge >= 0.3 is 0 Å². The summed E-state index contributed by atoms with van der Waals surface area (Å²) in [4.78, 5) is 0. The monoisotopic (exact) mass is 275 g/mol. The van der Waals surface area contributed by atoms with Gasteiger partial charge in [0, 0.05) is 5.39 Å². The molecule has 1 heterocycles. The average molecular weight is 276 g/mol. The number of anilines is 1. The SMILES string of the molecule is Fc1c(Cl)cccc1NCc1cc2ccccc2o1. The van der Waals surface area contributed by atoms with Crippen molar-refractivity contribution in [3.63, 3.8) is 0 Å². The van der Waals surface area contributed by atoms with Gasteiger partial charge in [0.15, 0.2) is 5.82 Å². The highest BCUT2D eigenvalue weighted by Crippen LogP contribution is 2.24. The molecule has 0 atom stereocenters. The van der Waals surface area contributed by atoms with Crippen LogP contribution in [-0.2, 0) is 6.54 Å². The molecule has 0 fully saturated rings. The molecule has 0 saturated heterocycles. The van der Waals surface area contributed by atoms with E-state index in [0.717, 1.165) is 16.7 Å². The summed E-state index contributed by atoms with van der Waals surface area (Å²) in [5.41, 5.74) is 1.19. The normalized spacial score (nSPS) is 10.8.